The van der Waals surface area contributed by atoms with Gasteiger partial charge in [0.25, 0.3) is 0 Å². The standard InChI is InChI=1S/C26H46O19/c1-3-4-38-25-21(18(35)15(32)11(43-25)7-39-23-20(37)16(33)12(29)8(2)40-23)45-26-22(17(34)13(30)9(5-27)42-26)44-24-19(36)14(31)10(6-28)41-24/h8-37H,3-7H2,1-2H3. The van der Waals surface area contributed by atoms with Crippen LogP contribution in [0.15, 0.2) is 0 Å². The molecule has 4 rings (SSSR count). The minimum Gasteiger partial charge on any atom is -0.394 e. The molecule has 19 nitrogen and oxygen atoms in total. The molecule has 19 unspecified atom stereocenters. The predicted molar refractivity (Wildman–Crippen MR) is 140 cm³/mol. The molecule has 0 spiro atoms. The lowest BCUT2D eigenvalue weighted by Gasteiger charge is -2.47. The molecule has 11 N–H and O–H groups in total. The molecule has 0 aromatic rings. The Morgan fingerprint density at radius 1 is 0.489 bits per heavy atom. The van der Waals surface area contributed by atoms with E-state index in [0.717, 1.165) is 0 Å². The molecule has 4 aliphatic rings. The van der Waals surface area contributed by atoms with Gasteiger partial charge in [0.15, 0.2) is 25.2 Å². The number of hydrogen-bond acceptors (Lipinski definition) is 19. The van der Waals surface area contributed by atoms with Crippen LogP contribution in [0.5, 0.6) is 0 Å². The molecule has 0 bridgehead atoms. The van der Waals surface area contributed by atoms with Gasteiger partial charge in [-0.1, -0.05) is 6.92 Å². The number of ether oxygens (including phenoxy) is 8. The molecule has 4 fully saturated rings. The van der Waals surface area contributed by atoms with E-state index < -0.39 is 137 Å². The Labute approximate surface area is 257 Å². The average molecular weight is 663 g/mol. The molecule has 0 saturated carbocycles. The van der Waals surface area contributed by atoms with E-state index in [1.165, 1.54) is 6.92 Å². The minimum absolute atomic E-state index is 0.0849. The fourth-order valence-electron chi connectivity index (χ4n) is 5.50. The van der Waals surface area contributed by atoms with E-state index in [0.29, 0.717) is 6.42 Å². The highest BCUT2D eigenvalue weighted by molar-refractivity contribution is 4.96. The fraction of sp³-hybridized carbons (Fsp3) is 1.00. The molecule has 0 aromatic carbocycles. The highest BCUT2D eigenvalue weighted by Gasteiger charge is 2.54. The van der Waals surface area contributed by atoms with Gasteiger partial charge in [-0.05, 0) is 13.3 Å². The van der Waals surface area contributed by atoms with Crippen LogP contribution in [0.1, 0.15) is 20.3 Å². The third-order valence-electron chi connectivity index (χ3n) is 8.27. The van der Waals surface area contributed by atoms with Crippen molar-refractivity contribution in [3.63, 3.8) is 0 Å². The van der Waals surface area contributed by atoms with Crippen LogP contribution in [0.2, 0.25) is 0 Å². The Hall–Kier alpha value is -0.760. The molecule has 4 heterocycles. The number of aliphatic hydroxyl groups is 11. The lowest BCUT2D eigenvalue weighted by molar-refractivity contribution is -0.384. The number of rotatable bonds is 12. The SMILES string of the molecule is CCCOC1OC(COC2OC(C)C(O)C(O)C2O)C(O)C(O)C1OC1OC(CO)C(O)C(O)C1OC1OC(CO)C(O)C1O. The summed E-state index contributed by atoms with van der Waals surface area (Å²) in [5.41, 5.74) is 0. The second-order valence-electron chi connectivity index (χ2n) is 11.5. The van der Waals surface area contributed by atoms with Gasteiger partial charge >= 0.3 is 0 Å². The lowest BCUT2D eigenvalue weighted by Crippen LogP contribution is -2.66. The summed E-state index contributed by atoms with van der Waals surface area (Å²) in [4.78, 5) is 0. The van der Waals surface area contributed by atoms with Crippen LogP contribution in [0, 0.1) is 0 Å². The monoisotopic (exact) mass is 662 g/mol. The van der Waals surface area contributed by atoms with Gasteiger partial charge in [-0.2, -0.15) is 0 Å². The molecule has 4 saturated heterocycles. The first-order valence-corrected chi connectivity index (χ1v) is 14.8. The van der Waals surface area contributed by atoms with Crippen molar-refractivity contribution in [2.75, 3.05) is 26.4 Å². The Bertz CT molecular complexity index is 902. The summed E-state index contributed by atoms with van der Waals surface area (Å²) in [5, 5.41) is 113. The maximum atomic E-state index is 11.1. The first kappa shape index (κ1) is 37.1. The van der Waals surface area contributed by atoms with Crippen LogP contribution in [-0.2, 0) is 37.9 Å². The van der Waals surface area contributed by atoms with Crippen molar-refractivity contribution in [2.45, 2.75) is 137 Å². The molecule has 0 radical (unpaired) electrons. The summed E-state index contributed by atoms with van der Waals surface area (Å²) >= 11 is 0. The summed E-state index contributed by atoms with van der Waals surface area (Å²) in [6, 6.07) is 0. The van der Waals surface area contributed by atoms with Gasteiger partial charge in [0.2, 0.25) is 0 Å². The summed E-state index contributed by atoms with van der Waals surface area (Å²) in [6.07, 6.45) is -28.6. The summed E-state index contributed by atoms with van der Waals surface area (Å²) in [6.45, 7) is 1.39. The summed E-state index contributed by atoms with van der Waals surface area (Å²) < 4.78 is 44.9. The van der Waals surface area contributed by atoms with Crippen LogP contribution < -0.4 is 0 Å². The number of aliphatic hydroxyl groups excluding tert-OH is 11. The van der Waals surface area contributed by atoms with Gasteiger partial charge in [0.1, 0.15) is 85.5 Å². The minimum atomic E-state index is -1.83. The molecule has 19 heteroatoms. The quantitative estimate of drug-likeness (QED) is 0.0925. The first-order chi connectivity index (χ1) is 21.3. The van der Waals surface area contributed by atoms with Crippen molar-refractivity contribution in [3.8, 4) is 0 Å². The topological polar surface area (TPSA) is 296 Å². The Morgan fingerprint density at radius 3 is 1.58 bits per heavy atom. The van der Waals surface area contributed by atoms with Crippen LogP contribution in [0.4, 0.5) is 0 Å². The molecule has 264 valence electrons. The van der Waals surface area contributed by atoms with Crippen LogP contribution in [-0.4, -0.2) is 199 Å². The van der Waals surface area contributed by atoms with E-state index in [1.54, 1.807) is 6.92 Å². The van der Waals surface area contributed by atoms with Crippen molar-refractivity contribution in [1.82, 2.24) is 0 Å². The van der Waals surface area contributed by atoms with Crippen molar-refractivity contribution >= 4 is 0 Å². The van der Waals surface area contributed by atoms with E-state index in [1.807, 2.05) is 0 Å². The maximum Gasteiger partial charge on any atom is 0.187 e. The van der Waals surface area contributed by atoms with Gasteiger partial charge in [-0.3, -0.25) is 0 Å². The van der Waals surface area contributed by atoms with E-state index >= 15 is 0 Å². The van der Waals surface area contributed by atoms with Gasteiger partial charge < -0.3 is 94.1 Å². The highest BCUT2D eigenvalue weighted by Crippen LogP contribution is 2.34. The smallest absolute Gasteiger partial charge is 0.187 e. The Balaban J connectivity index is 1.49. The third kappa shape index (κ3) is 7.94. The molecule has 0 aliphatic carbocycles. The van der Waals surface area contributed by atoms with Crippen molar-refractivity contribution in [2.24, 2.45) is 0 Å². The normalized spacial score (nSPS) is 51.0. The molecular weight excluding hydrogens is 616 g/mol. The maximum absolute atomic E-state index is 11.1. The zero-order chi connectivity index (χ0) is 33.2. The molecule has 0 aromatic heterocycles. The van der Waals surface area contributed by atoms with E-state index in [2.05, 4.69) is 0 Å². The largest absolute Gasteiger partial charge is 0.394 e. The molecule has 45 heavy (non-hydrogen) atoms. The van der Waals surface area contributed by atoms with E-state index in [9.17, 15) is 56.2 Å². The lowest BCUT2D eigenvalue weighted by atomic mass is 9.97. The van der Waals surface area contributed by atoms with Crippen LogP contribution in [0.3, 0.4) is 0 Å². The summed E-state index contributed by atoms with van der Waals surface area (Å²) in [7, 11) is 0. The Morgan fingerprint density at radius 2 is 0.978 bits per heavy atom. The van der Waals surface area contributed by atoms with Gasteiger partial charge in [0.05, 0.1) is 25.9 Å². The zero-order valence-electron chi connectivity index (χ0n) is 24.7. The van der Waals surface area contributed by atoms with Crippen molar-refractivity contribution in [1.29, 1.82) is 0 Å². The van der Waals surface area contributed by atoms with E-state index in [4.69, 9.17) is 37.9 Å². The molecule has 4 aliphatic heterocycles. The number of hydrogen-bond donors (Lipinski definition) is 11. The van der Waals surface area contributed by atoms with E-state index in [-0.39, 0.29) is 6.61 Å². The van der Waals surface area contributed by atoms with Crippen LogP contribution >= 0.6 is 0 Å². The summed E-state index contributed by atoms with van der Waals surface area (Å²) in [5.74, 6) is 0. The average Bonchev–Trinajstić information content (AvgIpc) is 3.30. The predicted octanol–water partition coefficient (Wildman–Crippen LogP) is -6.65. The van der Waals surface area contributed by atoms with Crippen molar-refractivity contribution < 1.29 is 94.1 Å². The van der Waals surface area contributed by atoms with Crippen molar-refractivity contribution in [3.05, 3.63) is 0 Å². The van der Waals surface area contributed by atoms with Gasteiger partial charge in [-0.25, -0.2) is 0 Å². The molecular formula is C26H46O19. The Kier molecular flexibility index (Phi) is 13.3. The highest BCUT2D eigenvalue weighted by atomic mass is 16.8. The second kappa shape index (κ2) is 16.1. The molecule has 19 atom stereocenters. The third-order valence-corrected chi connectivity index (χ3v) is 8.27. The second-order valence-corrected chi connectivity index (χ2v) is 11.5. The molecule has 0 amide bonds. The zero-order valence-corrected chi connectivity index (χ0v) is 24.7. The van der Waals surface area contributed by atoms with Crippen LogP contribution in [0.25, 0.3) is 0 Å². The first-order valence-electron chi connectivity index (χ1n) is 14.8. The fourth-order valence-corrected chi connectivity index (χ4v) is 5.50. The van der Waals surface area contributed by atoms with Gasteiger partial charge in [0, 0.05) is 6.61 Å². The van der Waals surface area contributed by atoms with Gasteiger partial charge in [-0.15, -0.1) is 0 Å².